The zero-order valence-corrected chi connectivity index (χ0v) is 27.9. The van der Waals surface area contributed by atoms with E-state index in [4.69, 9.17) is 26.6 Å². The summed E-state index contributed by atoms with van der Waals surface area (Å²) in [5.74, 6) is 0. The lowest BCUT2D eigenvalue weighted by molar-refractivity contribution is 0.0851. The molecule has 0 radical (unpaired) electrons. The minimum Gasteiger partial charge on any atom is -0.370 e. The van der Waals surface area contributed by atoms with Gasteiger partial charge in [-0.05, 0) is 63.8 Å². The molecule has 0 saturated heterocycles. The highest BCUT2D eigenvalue weighted by Crippen LogP contribution is 2.16. The Hall–Kier alpha value is -2.67. The van der Waals surface area contributed by atoms with E-state index in [1.807, 2.05) is 41.5 Å². The highest BCUT2D eigenvalue weighted by Gasteiger charge is 2.43. The van der Waals surface area contributed by atoms with Crippen LogP contribution in [0.25, 0.3) is 24.3 Å². The van der Waals surface area contributed by atoms with Crippen molar-refractivity contribution in [1.82, 2.24) is 0 Å². The fourth-order valence-electron chi connectivity index (χ4n) is 4.59. The Balaban J connectivity index is 1.66. The minimum atomic E-state index is -2.89. The lowest BCUT2D eigenvalue weighted by Crippen LogP contribution is -2.56. The molecule has 0 bridgehead atoms. The standard InChI is InChI=1S/C34H46O6Si2/c1-7-35-41(36-8-2,37-9-3)33-25-21-31(22-26-33)19-17-29-13-15-30(16-14-29)18-20-32-23-27-34(28-24-32)42(38-10-4,39-11-5)40-12-6/h13-28H,7-12H2,1-6H3. The molecule has 0 spiro atoms. The van der Waals surface area contributed by atoms with Crippen molar-refractivity contribution in [3.63, 3.8) is 0 Å². The van der Waals surface area contributed by atoms with Crippen molar-refractivity contribution in [3.8, 4) is 0 Å². The summed E-state index contributed by atoms with van der Waals surface area (Å²) in [6, 6.07) is 25.0. The summed E-state index contributed by atoms with van der Waals surface area (Å²) in [7, 11) is -5.78. The molecule has 0 amide bonds. The lowest BCUT2D eigenvalue weighted by Gasteiger charge is -2.28. The van der Waals surface area contributed by atoms with Crippen LogP contribution in [0.3, 0.4) is 0 Å². The van der Waals surface area contributed by atoms with Crippen LogP contribution in [0.5, 0.6) is 0 Å². The van der Waals surface area contributed by atoms with Gasteiger partial charge in [0.2, 0.25) is 0 Å². The molecular weight excluding hydrogens is 561 g/mol. The van der Waals surface area contributed by atoms with Gasteiger partial charge in [0.25, 0.3) is 0 Å². The summed E-state index contributed by atoms with van der Waals surface area (Å²) in [6.07, 6.45) is 8.45. The highest BCUT2D eigenvalue weighted by molar-refractivity contribution is 6.75. The molecule has 0 saturated carbocycles. The summed E-state index contributed by atoms with van der Waals surface area (Å²) < 4.78 is 36.2. The highest BCUT2D eigenvalue weighted by atomic mass is 28.4. The average Bonchev–Trinajstić information content (AvgIpc) is 3.01. The van der Waals surface area contributed by atoms with E-state index in [1.54, 1.807) is 0 Å². The quantitative estimate of drug-likeness (QED) is 0.121. The maximum Gasteiger partial charge on any atom is 0.537 e. The number of hydrogen-bond donors (Lipinski definition) is 0. The van der Waals surface area contributed by atoms with E-state index in [-0.39, 0.29) is 0 Å². The Morgan fingerprint density at radius 3 is 0.738 bits per heavy atom. The van der Waals surface area contributed by atoms with Gasteiger partial charge >= 0.3 is 17.6 Å². The Bertz CT molecular complexity index is 1110. The van der Waals surface area contributed by atoms with Crippen LogP contribution in [0, 0.1) is 0 Å². The van der Waals surface area contributed by atoms with Crippen LogP contribution in [0.1, 0.15) is 63.8 Å². The van der Waals surface area contributed by atoms with Crippen molar-refractivity contribution in [2.75, 3.05) is 39.6 Å². The predicted octanol–water partition coefficient (Wildman–Crippen LogP) is 6.54. The summed E-state index contributed by atoms with van der Waals surface area (Å²) in [6.45, 7) is 15.1. The number of rotatable bonds is 18. The maximum atomic E-state index is 6.03. The molecule has 8 heteroatoms. The summed E-state index contributed by atoms with van der Waals surface area (Å²) in [4.78, 5) is 0. The van der Waals surface area contributed by atoms with E-state index in [1.165, 1.54) is 0 Å². The Morgan fingerprint density at radius 2 is 0.548 bits per heavy atom. The molecule has 0 aliphatic carbocycles. The van der Waals surface area contributed by atoms with Gasteiger partial charge in [-0.3, -0.25) is 0 Å². The van der Waals surface area contributed by atoms with E-state index in [0.29, 0.717) is 39.6 Å². The number of hydrogen-bond acceptors (Lipinski definition) is 6. The first kappa shape index (κ1) is 33.8. The zero-order valence-electron chi connectivity index (χ0n) is 25.9. The van der Waals surface area contributed by atoms with Gasteiger partial charge < -0.3 is 26.6 Å². The summed E-state index contributed by atoms with van der Waals surface area (Å²) in [5, 5.41) is 1.96. The van der Waals surface area contributed by atoms with Crippen molar-refractivity contribution in [2.24, 2.45) is 0 Å². The fraction of sp³-hybridized carbons (Fsp3) is 0.353. The first-order chi connectivity index (χ1) is 20.5. The molecule has 6 nitrogen and oxygen atoms in total. The predicted molar refractivity (Wildman–Crippen MR) is 178 cm³/mol. The van der Waals surface area contributed by atoms with Crippen LogP contribution in [-0.2, 0) is 26.6 Å². The smallest absolute Gasteiger partial charge is 0.370 e. The van der Waals surface area contributed by atoms with Gasteiger partial charge in [0.05, 0.1) is 0 Å². The zero-order chi connectivity index (χ0) is 30.3. The average molecular weight is 607 g/mol. The van der Waals surface area contributed by atoms with Crippen LogP contribution in [0.4, 0.5) is 0 Å². The third-order valence-corrected chi connectivity index (χ3v) is 12.5. The topological polar surface area (TPSA) is 55.4 Å². The molecule has 0 aromatic heterocycles. The lowest BCUT2D eigenvalue weighted by atomic mass is 10.1. The Morgan fingerprint density at radius 1 is 0.357 bits per heavy atom. The maximum absolute atomic E-state index is 6.03. The Kier molecular flexibility index (Phi) is 14.1. The third-order valence-electron chi connectivity index (χ3n) is 6.41. The van der Waals surface area contributed by atoms with Crippen LogP contribution in [0.15, 0.2) is 72.8 Å². The van der Waals surface area contributed by atoms with E-state index < -0.39 is 17.6 Å². The van der Waals surface area contributed by atoms with Crippen molar-refractivity contribution in [1.29, 1.82) is 0 Å². The minimum absolute atomic E-state index is 0.546. The van der Waals surface area contributed by atoms with E-state index >= 15 is 0 Å². The van der Waals surface area contributed by atoms with Crippen LogP contribution in [-0.4, -0.2) is 57.3 Å². The molecule has 0 aliphatic heterocycles. The molecule has 0 fully saturated rings. The molecule has 42 heavy (non-hydrogen) atoms. The van der Waals surface area contributed by atoms with Crippen LogP contribution < -0.4 is 10.4 Å². The van der Waals surface area contributed by atoms with Gasteiger partial charge in [-0.15, -0.1) is 0 Å². The molecule has 226 valence electrons. The molecule has 0 heterocycles. The van der Waals surface area contributed by atoms with Gasteiger partial charge in [0.1, 0.15) is 0 Å². The molecule has 0 atom stereocenters. The van der Waals surface area contributed by atoms with Crippen molar-refractivity contribution < 1.29 is 26.6 Å². The normalized spacial score (nSPS) is 12.5. The fourth-order valence-corrected chi connectivity index (χ4v) is 9.52. The van der Waals surface area contributed by atoms with Gasteiger partial charge in [-0.2, -0.15) is 0 Å². The SMILES string of the molecule is CCO[Si](OCC)(OCC)c1ccc(C=Cc2ccc(C=Cc3ccc([Si](OCC)(OCC)OCC)cc3)cc2)cc1. The third kappa shape index (κ3) is 9.16. The van der Waals surface area contributed by atoms with Crippen LogP contribution in [0.2, 0.25) is 0 Å². The summed E-state index contributed by atoms with van der Waals surface area (Å²) in [5.41, 5.74) is 4.46. The molecule has 0 unspecified atom stereocenters. The largest absolute Gasteiger partial charge is 0.537 e. The molecule has 3 rings (SSSR count). The van der Waals surface area contributed by atoms with E-state index in [0.717, 1.165) is 32.6 Å². The molecule has 0 aliphatic rings. The molecule has 3 aromatic rings. The molecule has 0 N–H and O–H groups in total. The van der Waals surface area contributed by atoms with Gasteiger partial charge in [-0.25, -0.2) is 0 Å². The van der Waals surface area contributed by atoms with Crippen molar-refractivity contribution >= 4 is 52.3 Å². The van der Waals surface area contributed by atoms with Crippen LogP contribution >= 0.6 is 0 Å². The molecule has 3 aromatic carbocycles. The second kappa shape index (κ2) is 17.5. The second-order valence-electron chi connectivity index (χ2n) is 9.29. The van der Waals surface area contributed by atoms with Gasteiger partial charge in [0, 0.05) is 50.0 Å². The monoisotopic (exact) mass is 606 g/mol. The van der Waals surface area contributed by atoms with Gasteiger partial charge in [0.15, 0.2) is 0 Å². The second-order valence-corrected chi connectivity index (χ2v) is 14.4. The van der Waals surface area contributed by atoms with E-state index in [2.05, 4.69) is 97.1 Å². The summed E-state index contributed by atoms with van der Waals surface area (Å²) >= 11 is 0. The molecular formula is C34H46O6Si2. The van der Waals surface area contributed by atoms with Crippen molar-refractivity contribution in [3.05, 3.63) is 95.1 Å². The van der Waals surface area contributed by atoms with E-state index in [9.17, 15) is 0 Å². The number of benzene rings is 3. The first-order valence-corrected chi connectivity index (χ1v) is 18.4. The first-order valence-electron chi connectivity index (χ1n) is 15.0. The van der Waals surface area contributed by atoms with Gasteiger partial charge in [-0.1, -0.05) is 97.1 Å². The Labute approximate surface area is 254 Å². The van der Waals surface area contributed by atoms with Crippen molar-refractivity contribution in [2.45, 2.75) is 41.5 Å².